The van der Waals surface area contributed by atoms with Crippen molar-refractivity contribution in [2.45, 2.75) is 19.5 Å². The summed E-state index contributed by atoms with van der Waals surface area (Å²) >= 11 is 0. The standard InChI is InChI=1S/C19H18F4N4O/c1-12-11-27(18(28)25-16-6-3-8-24-26-16)9-7-13(12)10-14-4-2-5-15(17(14)20)19(21,22)23/h2-6,8,10,12H,7,9,11H2,1H3,(H,25,26,28)/b13-10+. The van der Waals surface area contributed by atoms with Gasteiger partial charge in [-0.2, -0.15) is 18.3 Å². The van der Waals surface area contributed by atoms with E-state index in [0.29, 0.717) is 25.3 Å². The van der Waals surface area contributed by atoms with Crippen molar-refractivity contribution < 1.29 is 22.4 Å². The number of alkyl halides is 3. The van der Waals surface area contributed by atoms with E-state index in [1.807, 2.05) is 6.92 Å². The van der Waals surface area contributed by atoms with Crippen LogP contribution in [0.5, 0.6) is 0 Å². The van der Waals surface area contributed by atoms with E-state index in [1.54, 1.807) is 17.0 Å². The molecule has 9 heteroatoms. The fourth-order valence-electron chi connectivity index (χ4n) is 3.09. The maximum absolute atomic E-state index is 14.2. The average Bonchev–Trinajstić information content (AvgIpc) is 2.64. The summed E-state index contributed by atoms with van der Waals surface area (Å²) in [5, 5.41) is 10.1. The molecule has 1 unspecified atom stereocenters. The molecule has 2 aromatic rings. The summed E-state index contributed by atoms with van der Waals surface area (Å²) in [6.07, 6.45) is -1.37. The van der Waals surface area contributed by atoms with Gasteiger partial charge in [0.1, 0.15) is 5.82 Å². The highest BCUT2D eigenvalue weighted by atomic mass is 19.4. The molecule has 1 fully saturated rings. The Morgan fingerprint density at radius 2 is 2.07 bits per heavy atom. The first-order valence-electron chi connectivity index (χ1n) is 8.65. The number of benzene rings is 1. The summed E-state index contributed by atoms with van der Waals surface area (Å²) in [5.41, 5.74) is -0.591. The molecule has 5 nitrogen and oxygen atoms in total. The van der Waals surface area contributed by atoms with Gasteiger partial charge in [0.05, 0.1) is 5.56 Å². The SMILES string of the molecule is CC1CN(C(=O)Nc2cccnn2)CC/C1=C\c1cccc(C(F)(F)F)c1F. The van der Waals surface area contributed by atoms with E-state index in [-0.39, 0.29) is 17.5 Å². The van der Waals surface area contributed by atoms with E-state index < -0.39 is 17.6 Å². The molecule has 0 spiro atoms. The number of hydrogen-bond donors (Lipinski definition) is 1. The molecule has 1 saturated heterocycles. The van der Waals surface area contributed by atoms with Crippen LogP contribution in [0, 0.1) is 11.7 Å². The number of hydrogen-bond acceptors (Lipinski definition) is 3. The summed E-state index contributed by atoms with van der Waals surface area (Å²) in [4.78, 5) is 13.9. The lowest BCUT2D eigenvalue weighted by atomic mass is 9.91. The molecule has 0 saturated carbocycles. The Hall–Kier alpha value is -2.97. The predicted molar refractivity (Wildman–Crippen MR) is 95.8 cm³/mol. The summed E-state index contributed by atoms with van der Waals surface area (Å²) in [7, 11) is 0. The Balaban J connectivity index is 1.71. The Labute approximate surface area is 159 Å². The molecule has 1 N–H and O–H groups in total. The van der Waals surface area contributed by atoms with Crippen LogP contribution in [0.1, 0.15) is 24.5 Å². The van der Waals surface area contributed by atoms with Crippen LogP contribution in [0.4, 0.5) is 28.2 Å². The normalized spacial score (nSPS) is 19.0. The van der Waals surface area contributed by atoms with Crippen molar-refractivity contribution in [1.29, 1.82) is 0 Å². The van der Waals surface area contributed by atoms with E-state index in [1.165, 1.54) is 24.4 Å². The van der Waals surface area contributed by atoms with Gasteiger partial charge in [0.25, 0.3) is 0 Å². The third kappa shape index (κ3) is 4.47. The Bertz CT molecular complexity index is 883. The van der Waals surface area contributed by atoms with E-state index in [4.69, 9.17) is 0 Å². The first-order valence-corrected chi connectivity index (χ1v) is 8.65. The first kappa shape index (κ1) is 19.8. The highest BCUT2D eigenvalue weighted by molar-refractivity contribution is 5.88. The van der Waals surface area contributed by atoms with Crippen LogP contribution in [0.3, 0.4) is 0 Å². The highest BCUT2D eigenvalue weighted by Crippen LogP contribution is 2.34. The van der Waals surface area contributed by atoms with Gasteiger partial charge in [-0.05, 0) is 30.5 Å². The summed E-state index contributed by atoms with van der Waals surface area (Å²) in [6, 6.07) is 6.15. The van der Waals surface area contributed by atoms with Gasteiger partial charge in [0.2, 0.25) is 0 Å². The average molecular weight is 394 g/mol. The number of amides is 2. The second kappa shape index (κ2) is 7.95. The summed E-state index contributed by atoms with van der Waals surface area (Å²) in [6.45, 7) is 2.57. The number of piperidine rings is 1. The highest BCUT2D eigenvalue weighted by Gasteiger charge is 2.34. The third-order valence-electron chi connectivity index (χ3n) is 4.57. The number of urea groups is 1. The fourth-order valence-corrected chi connectivity index (χ4v) is 3.09. The minimum atomic E-state index is -4.74. The maximum atomic E-state index is 14.2. The van der Waals surface area contributed by atoms with Crippen molar-refractivity contribution in [3.63, 3.8) is 0 Å². The zero-order valence-electron chi connectivity index (χ0n) is 15.0. The minimum absolute atomic E-state index is 0.103. The Morgan fingerprint density at radius 3 is 2.71 bits per heavy atom. The lowest BCUT2D eigenvalue weighted by molar-refractivity contribution is -0.140. The number of anilines is 1. The van der Waals surface area contributed by atoms with Crippen molar-refractivity contribution in [2.24, 2.45) is 5.92 Å². The van der Waals surface area contributed by atoms with Crippen molar-refractivity contribution in [3.05, 3.63) is 59.0 Å². The molecule has 2 heterocycles. The van der Waals surface area contributed by atoms with Gasteiger partial charge < -0.3 is 4.90 Å². The summed E-state index contributed by atoms with van der Waals surface area (Å²) < 4.78 is 52.9. The molecule has 1 aliphatic heterocycles. The zero-order valence-corrected chi connectivity index (χ0v) is 15.0. The zero-order chi connectivity index (χ0) is 20.3. The molecule has 0 bridgehead atoms. The predicted octanol–water partition coefficient (Wildman–Crippen LogP) is 4.59. The van der Waals surface area contributed by atoms with Gasteiger partial charge in [-0.25, -0.2) is 9.18 Å². The molecule has 1 aromatic heterocycles. The monoisotopic (exact) mass is 394 g/mol. The number of nitrogens with zero attached hydrogens (tertiary/aromatic N) is 3. The van der Waals surface area contributed by atoms with Gasteiger partial charge in [0.15, 0.2) is 5.82 Å². The van der Waals surface area contributed by atoms with E-state index in [0.717, 1.165) is 11.6 Å². The first-order chi connectivity index (χ1) is 13.3. The molecule has 148 valence electrons. The quantitative estimate of drug-likeness (QED) is 0.758. The van der Waals surface area contributed by atoms with Crippen molar-refractivity contribution in [3.8, 4) is 0 Å². The van der Waals surface area contributed by atoms with Crippen LogP contribution in [0.15, 0.2) is 42.1 Å². The largest absolute Gasteiger partial charge is 0.419 e. The number of rotatable bonds is 2. The van der Waals surface area contributed by atoms with Crippen LogP contribution in [0.25, 0.3) is 6.08 Å². The molecule has 1 aliphatic rings. The number of halogens is 4. The van der Waals surface area contributed by atoms with Gasteiger partial charge >= 0.3 is 12.2 Å². The van der Waals surface area contributed by atoms with E-state index in [2.05, 4.69) is 15.5 Å². The van der Waals surface area contributed by atoms with Crippen LogP contribution in [-0.4, -0.2) is 34.2 Å². The molecule has 0 aliphatic carbocycles. The molecular weight excluding hydrogens is 376 g/mol. The second-order valence-electron chi connectivity index (χ2n) is 6.56. The van der Waals surface area contributed by atoms with Crippen LogP contribution in [0.2, 0.25) is 0 Å². The fraction of sp³-hybridized carbons (Fsp3) is 0.316. The van der Waals surface area contributed by atoms with Gasteiger partial charge in [0, 0.05) is 24.8 Å². The smallest absolute Gasteiger partial charge is 0.324 e. The molecule has 1 atom stereocenters. The summed E-state index contributed by atoms with van der Waals surface area (Å²) in [5.74, 6) is -1.08. The van der Waals surface area contributed by atoms with Crippen molar-refractivity contribution in [2.75, 3.05) is 18.4 Å². The number of nitrogens with one attached hydrogen (secondary N) is 1. The molecule has 3 rings (SSSR count). The molecule has 1 aromatic carbocycles. The van der Waals surface area contributed by atoms with Gasteiger partial charge in [-0.3, -0.25) is 5.32 Å². The number of carbonyl (C=O) groups excluding carboxylic acids is 1. The van der Waals surface area contributed by atoms with Gasteiger partial charge in [-0.15, -0.1) is 5.10 Å². The molecular formula is C19H18F4N4O. The number of likely N-dealkylation sites (tertiary alicyclic amines) is 1. The van der Waals surface area contributed by atoms with Gasteiger partial charge in [-0.1, -0.05) is 30.7 Å². The molecule has 28 heavy (non-hydrogen) atoms. The Kier molecular flexibility index (Phi) is 5.62. The van der Waals surface area contributed by atoms with Crippen LogP contribution < -0.4 is 5.32 Å². The van der Waals surface area contributed by atoms with Crippen molar-refractivity contribution >= 4 is 17.9 Å². The minimum Gasteiger partial charge on any atom is -0.324 e. The maximum Gasteiger partial charge on any atom is 0.419 e. The third-order valence-corrected chi connectivity index (χ3v) is 4.57. The lowest BCUT2D eigenvalue weighted by Gasteiger charge is -2.33. The number of carbonyl (C=O) groups is 1. The Morgan fingerprint density at radius 1 is 1.29 bits per heavy atom. The topological polar surface area (TPSA) is 58.1 Å². The lowest BCUT2D eigenvalue weighted by Crippen LogP contribution is -2.42. The molecule has 0 radical (unpaired) electrons. The number of aromatic nitrogens is 2. The van der Waals surface area contributed by atoms with E-state index >= 15 is 0 Å². The van der Waals surface area contributed by atoms with E-state index in [9.17, 15) is 22.4 Å². The van der Waals surface area contributed by atoms with Crippen molar-refractivity contribution in [1.82, 2.24) is 15.1 Å². The van der Waals surface area contributed by atoms with Crippen LogP contribution in [-0.2, 0) is 6.18 Å². The van der Waals surface area contributed by atoms with Crippen LogP contribution >= 0.6 is 0 Å². The molecule has 2 amide bonds. The second-order valence-corrected chi connectivity index (χ2v) is 6.56.